The Balaban J connectivity index is 2.13. The van der Waals surface area contributed by atoms with E-state index in [0.717, 1.165) is 32.2 Å². The Morgan fingerprint density at radius 3 is 2.80 bits per heavy atom. The molecule has 2 rings (SSSR count). The summed E-state index contributed by atoms with van der Waals surface area (Å²) in [6, 6.07) is 0.0817. The minimum atomic E-state index is -3.37. The van der Waals surface area contributed by atoms with Gasteiger partial charge in [-0.1, -0.05) is 6.42 Å². The predicted molar refractivity (Wildman–Crippen MR) is 78.8 cm³/mol. The van der Waals surface area contributed by atoms with E-state index in [4.69, 9.17) is 4.74 Å². The summed E-state index contributed by atoms with van der Waals surface area (Å²) in [7, 11) is -1.49. The van der Waals surface area contributed by atoms with Crippen LogP contribution in [0, 0.1) is 0 Å². The second-order valence-electron chi connectivity index (χ2n) is 5.72. The highest BCUT2D eigenvalue weighted by Crippen LogP contribution is 2.23. The van der Waals surface area contributed by atoms with Crippen LogP contribution in [0.15, 0.2) is 0 Å². The van der Waals surface area contributed by atoms with Crippen molar-refractivity contribution in [1.29, 1.82) is 0 Å². The van der Waals surface area contributed by atoms with E-state index < -0.39 is 10.2 Å². The highest BCUT2D eigenvalue weighted by atomic mass is 32.2. The molecule has 2 saturated heterocycles. The highest BCUT2D eigenvalue weighted by Gasteiger charge is 2.37. The Kier molecular flexibility index (Phi) is 5.80. The van der Waals surface area contributed by atoms with Crippen LogP contribution in [0.25, 0.3) is 0 Å². The van der Waals surface area contributed by atoms with Gasteiger partial charge in [-0.15, -0.1) is 0 Å². The first-order valence-corrected chi connectivity index (χ1v) is 8.98. The third-order valence-electron chi connectivity index (χ3n) is 4.05. The number of likely N-dealkylation sites (N-methyl/N-ethyl adjacent to an activating group) is 1. The van der Waals surface area contributed by atoms with E-state index in [-0.39, 0.29) is 12.1 Å². The summed E-state index contributed by atoms with van der Waals surface area (Å²) in [6.07, 6.45) is 3.76. The fraction of sp³-hybridized carbons (Fsp3) is 1.00. The summed E-state index contributed by atoms with van der Waals surface area (Å²) >= 11 is 0. The number of hydrogen-bond donors (Lipinski definition) is 1. The first-order chi connectivity index (χ1) is 9.55. The summed E-state index contributed by atoms with van der Waals surface area (Å²) in [5, 5.41) is 3.11. The smallest absolute Gasteiger partial charge is 0.282 e. The Morgan fingerprint density at radius 2 is 2.05 bits per heavy atom. The molecule has 118 valence electrons. The van der Waals surface area contributed by atoms with E-state index in [1.54, 1.807) is 8.61 Å². The quantitative estimate of drug-likeness (QED) is 0.817. The minimum Gasteiger partial charge on any atom is -0.377 e. The van der Waals surface area contributed by atoms with Crippen molar-refractivity contribution in [2.24, 2.45) is 0 Å². The van der Waals surface area contributed by atoms with Crippen LogP contribution in [0.1, 0.15) is 32.6 Å². The molecule has 0 amide bonds. The first kappa shape index (κ1) is 16.2. The third kappa shape index (κ3) is 3.71. The monoisotopic (exact) mass is 305 g/mol. The zero-order valence-corrected chi connectivity index (χ0v) is 13.4. The van der Waals surface area contributed by atoms with Gasteiger partial charge in [-0.05, 0) is 33.2 Å². The van der Waals surface area contributed by atoms with Gasteiger partial charge < -0.3 is 10.1 Å². The summed E-state index contributed by atoms with van der Waals surface area (Å²) in [5.74, 6) is 0. The molecule has 2 fully saturated rings. The highest BCUT2D eigenvalue weighted by molar-refractivity contribution is 7.86. The number of rotatable bonds is 4. The average Bonchev–Trinajstić information content (AvgIpc) is 2.65. The van der Waals surface area contributed by atoms with Gasteiger partial charge in [0, 0.05) is 38.8 Å². The van der Waals surface area contributed by atoms with Gasteiger partial charge in [-0.2, -0.15) is 17.0 Å². The van der Waals surface area contributed by atoms with E-state index in [0.29, 0.717) is 26.2 Å². The zero-order chi connectivity index (χ0) is 14.6. The van der Waals surface area contributed by atoms with E-state index in [9.17, 15) is 8.42 Å². The second kappa shape index (κ2) is 7.17. The molecule has 2 atom stereocenters. The van der Waals surface area contributed by atoms with Gasteiger partial charge in [-0.3, -0.25) is 0 Å². The molecule has 2 aliphatic rings. The zero-order valence-electron chi connectivity index (χ0n) is 12.5. The number of ether oxygens (including phenoxy) is 1. The van der Waals surface area contributed by atoms with Gasteiger partial charge in [-0.25, -0.2) is 0 Å². The largest absolute Gasteiger partial charge is 0.377 e. The van der Waals surface area contributed by atoms with Crippen molar-refractivity contribution < 1.29 is 13.2 Å². The summed E-state index contributed by atoms with van der Waals surface area (Å²) < 4.78 is 34.6. The first-order valence-electron chi connectivity index (χ1n) is 7.59. The lowest BCUT2D eigenvalue weighted by atomic mass is 10.1. The molecule has 6 nitrogen and oxygen atoms in total. The molecule has 0 aromatic heterocycles. The Hall–Kier alpha value is -0.210. The average molecular weight is 305 g/mol. The number of nitrogens with one attached hydrogen (secondary N) is 1. The minimum absolute atomic E-state index is 0.0279. The molecule has 2 unspecified atom stereocenters. The van der Waals surface area contributed by atoms with Gasteiger partial charge >= 0.3 is 0 Å². The van der Waals surface area contributed by atoms with Crippen LogP contribution in [0.5, 0.6) is 0 Å². The van der Waals surface area contributed by atoms with Crippen LogP contribution in [0.4, 0.5) is 0 Å². The van der Waals surface area contributed by atoms with Crippen molar-refractivity contribution in [1.82, 2.24) is 13.9 Å². The molecule has 0 bridgehead atoms. The lowest BCUT2D eigenvalue weighted by Crippen LogP contribution is -2.54. The molecular weight excluding hydrogens is 278 g/mol. The van der Waals surface area contributed by atoms with Gasteiger partial charge in [0.2, 0.25) is 0 Å². The number of hydrogen-bond acceptors (Lipinski definition) is 4. The maximum absolute atomic E-state index is 12.9. The molecule has 0 spiro atoms. The van der Waals surface area contributed by atoms with Crippen LogP contribution < -0.4 is 5.32 Å². The Labute approximate surface area is 122 Å². The van der Waals surface area contributed by atoms with Crippen LogP contribution in [0.3, 0.4) is 0 Å². The van der Waals surface area contributed by atoms with E-state index in [1.165, 1.54) is 0 Å². The lowest BCUT2D eigenvalue weighted by Gasteiger charge is -2.38. The Bertz CT molecular complexity index is 400. The maximum Gasteiger partial charge on any atom is 0.282 e. The van der Waals surface area contributed by atoms with Crippen molar-refractivity contribution in [3.05, 3.63) is 0 Å². The normalized spacial score (nSPS) is 31.1. The number of nitrogens with zero attached hydrogens (tertiary/aromatic N) is 2. The van der Waals surface area contributed by atoms with Gasteiger partial charge in [0.1, 0.15) is 0 Å². The molecule has 20 heavy (non-hydrogen) atoms. The summed E-state index contributed by atoms with van der Waals surface area (Å²) in [6.45, 7) is 4.97. The van der Waals surface area contributed by atoms with Crippen molar-refractivity contribution >= 4 is 10.2 Å². The number of piperidine rings is 1. The standard InChI is InChI=1S/C13H27N3O3S/c1-12-11-15(7-5-9-19-12)20(17,18)16-8-4-3-6-13(16)10-14-2/h12-14H,3-11H2,1-2H3. The van der Waals surface area contributed by atoms with Gasteiger partial charge in [0.05, 0.1) is 6.10 Å². The van der Waals surface area contributed by atoms with Gasteiger partial charge in [0.15, 0.2) is 0 Å². The predicted octanol–water partition coefficient (Wildman–Crippen LogP) is 0.416. The van der Waals surface area contributed by atoms with Crippen molar-refractivity contribution in [2.45, 2.75) is 44.8 Å². The van der Waals surface area contributed by atoms with E-state index >= 15 is 0 Å². The lowest BCUT2D eigenvalue weighted by molar-refractivity contribution is 0.0743. The van der Waals surface area contributed by atoms with Crippen molar-refractivity contribution in [3.63, 3.8) is 0 Å². The summed E-state index contributed by atoms with van der Waals surface area (Å²) in [5.41, 5.74) is 0. The van der Waals surface area contributed by atoms with Crippen LogP contribution in [0.2, 0.25) is 0 Å². The third-order valence-corrected chi connectivity index (χ3v) is 6.11. The summed E-state index contributed by atoms with van der Waals surface area (Å²) in [4.78, 5) is 0. The van der Waals surface area contributed by atoms with E-state index in [1.807, 2.05) is 14.0 Å². The molecule has 0 aromatic rings. The fourth-order valence-corrected chi connectivity index (χ4v) is 5.00. The SMILES string of the molecule is CNCC1CCCCN1S(=O)(=O)N1CCCOC(C)C1. The van der Waals surface area contributed by atoms with Crippen LogP contribution >= 0.6 is 0 Å². The van der Waals surface area contributed by atoms with Crippen LogP contribution in [-0.4, -0.2) is 69.0 Å². The maximum atomic E-state index is 12.9. The molecule has 0 aromatic carbocycles. The second-order valence-corrected chi connectivity index (χ2v) is 7.60. The molecular formula is C13H27N3O3S. The topological polar surface area (TPSA) is 61.9 Å². The molecule has 0 aliphatic carbocycles. The van der Waals surface area contributed by atoms with Crippen LogP contribution in [-0.2, 0) is 14.9 Å². The van der Waals surface area contributed by atoms with E-state index in [2.05, 4.69) is 5.32 Å². The molecule has 0 saturated carbocycles. The van der Waals surface area contributed by atoms with Crippen molar-refractivity contribution in [2.75, 3.05) is 39.8 Å². The molecule has 1 N–H and O–H groups in total. The molecule has 2 heterocycles. The molecule has 0 radical (unpaired) electrons. The molecule has 2 aliphatic heterocycles. The van der Waals surface area contributed by atoms with Gasteiger partial charge in [0.25, 0.3) is 10.2 Å². The fourth-order valence-electron chi connectivity index (χ4n) is 3.03. The van der Waals surface area contributed by atoms with Crippen molar-refractivity contribution in [3.8, 4) is 0 Å². The Morgan fingerprint density at radius 1 is 1.25 bits per heavy atom. The molecule has 7 heteroatoms.